The second-order valence-electron chi connectivity index (χ2n) is 6.22. The highest BCUT2D eigenvalue weighted by molar-refractivity contribution is 7.92. The van der Waals surface area contributed by atoms with Crippen LogP contribution in [0.25, 0.3) is 0 Å². The number of rotatable bonds is 6. The topological polar surface area (TPSA) is 66.5 Å². The molecule has 0 radical (unpaired) electrons. The first kappa shape index (κ1) is 18.5. The number of hydrogen-bond donors (Lipinski definition) is 1. The predicted molar refractivity (Wildman–Crippen MR) is 90.5 cm³/mol. The summed E-state index contributed by atoms with van der Waals surface area (Å²) in [5.74, 6) is -0.0115. The number of hydrogen-bond acceptors (Lipinski definition) is 3. The number of sulfonamides is 1. The quantitative estimate of drug-likeness (QED) is 0.872. The van der Waals surface area contributed by atoms with Crippen molar-refractivity contribution in [1.29, 1.82) is 0 Å². The molecule has 0 aliphatic heterocycles. The van der Waals surface area contributed by atoms with Gasteiger partial charge in [0.2, 0.25) is 15.9 Å². The molecule has 1 aromatic rings. The zero-order valence-corrected chi connectivity index (χ0v) is 15.0. The molecular formula is C16H26N2O3S. The molecule has 124 valence electrons. The Balaban J connectivity index is 3.03. The molecule has 0 aliphatic rings. The standard InChI is InChI=1S/C16H26N2O3S/c1-11(2)14(5)17-16(19)10-18(22(6,20)21)15-8-12(3)7-13(4)9-15/h7-9,11,14H,10H2,1-6H3,(H,17,19)/t14-/m0/s1. The smallest absolute Gasteiger partial charge is 0.240 e. The van der Waals surface area contributed by atoms with Crippen molar-refractivity contribution in [2.24, 2.45) is 5.92 Å². The summed E-state index contributed by atoms with van der Waals surface area (Å²) in [6.45, 7) is 9.51. The molecule has 1 aromatic carbocycles. The maximum atomic E-state index is 12.1. The Hall–Kier alpha value is -1.56. The Morgan fingerprint density at radius 1 is 1.14 bits per heavy atom. The van der Waals surface area contributed by atoms with Crippen molar-refractivity contribution in [3.63, 3.8) is 0 Å². The van der Waals surface area contributed by atoms with Gasteiger partial charge in [-0.1, -0.05) is 19.9 Å². The van der Waals surface area contributed by atoms with Crippen molar-refractivity contribution in [1.82, 2.24) is 5.32 Å². The molecular weight excluding hydrogens is 300 g/mol. The van der Waals surface area contributed by atoms with E-state index in [1.165, 1.54) is 0 Å². The molecule has 1 atom stereocenters. The number of nitrogens with one attached hydrogen (secondary N) is 1. The third kappa shape index (κ3) is 5.33. The van der Waals surface area contributed by atoms with E-state index in [2.05, 4.69) is 5.32 Å². The molecule has 1 N–H and O–H groups in total. The lowest BCUT2D eigenvalue weighted by Crippen LogP contribution is -2.44. The number of carbonyl (C=O) groups is 1. The molecule has 0 fully saturated rings. The van der Waals surface area contributed by atoms with Crippen LogP contribution >= 0.6 is 0 Å². The lowest BCUT2D eigenvalue weighted by atomic mass is 10.1. The van der Waals surface area contributed by atoms with Gasteiger partial charge in [-0.2, -0.15) is 0 Å². The van der Waals surface area contributed by atoms with Crippen LogP contribution in [0.15, 0.2) is 18.2 Å². The number of aryl methyl sites for hydroxylation is 2. The highest BCUT2D eigenvalue weighted by Crippen LogP contribution is 2.21. The normalized spacial score (nSPS) is 13.0. The molecule has 1 amide bonds. The second kappa shape index (κ2) is 7.13. The summed E-state index contributed by atoms with van der Waals surface area (Å²) < 4.78 is 25.3. The van der Waals surface area contributed by atoms with Gasteiger partial charge in [0.1, 0.15) is 6.54 Å². The summed E-state index contributed by atoms with van der Waals surface area (Å²) in [5.41, 5.74) is 2.44. The van der Waals surface area contributed by atoms with E-state index in [0.717, 1.165) is 21.7 Å². The summed E-state index contributed by atoms with van der Waals surface area (Å²) in [6, 6.07) is 5.50. The zero-order chi connectivity index (χ0) is 17.1. The van der Waals surface area contributed by atoms with Crippen LogP contribution in [0, 0.1) is 19.8 Å². The number of amides is 1. The van der Waals surface area contributed by atoms with Crippen molar-refractivity contribution in [2.75, 3.05) is 17.1 Å². The Bertz CT molecular complexity index is 619. The molecule has 0 saturated heterocycles. The lowest BCUT2D eigenvalue weighted by molar-refractivity contribution is -0.120. The van der Waals surface area contributed by atoms with E-state index in [1.807, 2.05) is 40.7 Å². The molecule has 5 nitrogen and oxygen atoms in total. The van der Waals surface area contributed by atoms with Gasteiger partial charge in [-0.05, 0) is 49.9 Å². The monoisotopic (exact) mass is 326 g/mol. The van der Waals surface area contributed by atoms with Crippen LogP contribution in [0.3, 0.4) is 0 Å². The van der Waals surface area contributed by atoms with Gasteiger partial charge >= 0.3 is 0 Å². The predicted octanol–water partition coefficient (Wildman–Crippen LogP) is 2.23. The number of nitrogens with zero attached hydrogens (tertiary/aromatic N) is 1. The van der Waals surface area contributed by atoms with E-state index in [0.29, 0.717) is 5.69 Å². The first-order chi connectivity index (χ1) is 10.0. The average Bonchev–Trinajstić information content (AvgIpc) is 2.33. The van der Waals surface area contributed by atoms with Crippen LogP contribution in [-0.2, 0) is 14.8 Å². The van der Waals surface area contributed by atoms with Crippen LogP contribution in [0.2, 0.25) is 0 Å². The third-order valence-corrected chi connectivity index (χ3v) is 4.71. The van der Waals surface area contributed by atoms with Crippen molar-refractivity contribution in [3.05, 3.63) is 29.3 Å². The molecule has 0 saturated carbocycles. The highest BCUT2D eigenvalue weighted by atomic mass is 32.2. The summed E-state index contributed by atoms with van der Waals surface area (Å²) in [7, 11) is -3.53. The maximum absolute atomic E-state index is 12.1. The summed E-state index contributed by atoms with van der Waals surface area (Å²) in [5, 5.41) is 2.84. The zero-order valence-electron chi connectivity index (χ0n) is 14.2. The minimum Gasteiger partial charge on any atom is -0.352 e. The van der Waals surface area contributed by atoms with Gasteiger partial charge in [0.05, 0.1) is 11.9 Å². The molecule has 0 bridgehead atoms. The molecule has 1 rings (SSSR count). The van der Waals surface area contributed by atoms with E-state index < -0.39 is 10.0 Å². The van der Waals surface area contributed by atoms with Crippen molar-refractivity contribution in [2.45, 2.75) is 40.7 Å². The minimum atomic E-state index is -3.53. The van der Waals surface area contributed by atoms with E-state index in [-0.39, 0.29) is 24.4 Å². The van der Waals surface area contributed by atoms with Gasteiger partial charge in [0.25, 0.3) is 0 Å². The molecule has 6 heteroatoms. The summed E-state index contributed by atoms with van der Waals surface area (Å²) >= 11 is 0. The van der Waals surface area contributed by atoms with Crippen LogP contribution in [-0.4, -0.2) is 33.2 Å². The van der Waals surface area contributed by atoms with Gasteiger partial charge in [0.15, 0.2) is 0 Å². The number of carbonyl (C=O) groups excluding carboxylic acids is 1. The summed E-state index contributed by atoms with van der Waals surface area (Å²) in [6.07, 6.45) is 1.11. The molecule has 0 spiro atoms. The molecule has 0 aromatic heterocycles. The Morgan fingerprint density at radius 2 is 1.64 bits per heavy atom. The van der Waals surface area contributed by atoms with Gasteiger partial charge in [-0.3, -0.25) is 9.10 Å². The van der Waals surface area contributed by atoms with E-state index in [4.69, 9.17) is 0 Å². The summed E-state index contributed by atoms with van der Waals surface area (Å²) in [4.78, 5) is 12.1. The largest absolute Gasteiger partial charge is 0.352 e. The van der Waals surface area contributed by atoms with E-state index >= 15 is 0 Å². The first-order valence-corrected chi connectivity index (χ1v) is 9.21. The van der Waals surface area contributed by atoms with Crippen LogP contribution in [0.4, 0.5) is 5.69 Å². The maximum Gasteiger partial charge on any atom is 0.240 e. The molecule has 0 heterocycles. The molecule has 0 unspecified atom stereocenters. The van der Waals surface area contributed by atoms with Crippen molar-refractivity contribution < 1.29 is 13.2 Å². The fourth-order valence-corrected chi connectivity index (χ4v) is 2.93. The third-order valence-electron chi connectivity index (χ3n) is 3.57. The van der Waals surface area contributed by atoms with E-state index in [9.17, 15) is 13.2 Å². The Labute approximate surface area is 133 Å². The molecule has 22 heavy (non-hydrogen) atoms. The SMILES string of the molecule is Cc1cc(C)cc(N(CC(=O)N[C@@H](C)C(C)C)S(C)(=O)=O)c1. The van der Waals surface area contributed by atoms with Crippen molar-refractivity contribution >= 4 is 21.6 Å². The van der Waals surface area contributed by atoms with Crippen LogP contribution < -0.4 is 9.62 Å². The first-order valence-electron chi connectivity index (χ1n) is 7.36. The molecule has 0 aliphatic carbocycles. The van der Waals surface area contributed by atoms with E-state index in [1.54, 1.807) is 12.1 Å². The number of anilines is 1. The second-order valence-corrected chi connectivity index (χ2v) is 8.12. The Morgan fingerprint density at radius 3 is 2.05 bits per heavy atom. The van der Waals surface area contributed by atoms with Gasteiger partial charge in [-0.25, -0.2) is 8.42 Å². The number of benzene rings is 1. The Kier molecular flexibility index (Phi) is 6.00. The van der Waals surface area contributed by atoms with Crippen molar-refractivity contribution in [3.8, 4) is 0 Å². The minimum absolute atomic E-state index is 0.00634. The fourth-order valence-electron chi connectivity index (χ4n) is 2.09. The fraction of sp³-hybridized carbons (Fsp3) is 0.562. The highest BCUT2D eigenvalue weighted by Gasteiger charge is 2.22. The van der Waals surface area contributed by atoms with Crippen LogP contribution in [0.1, 0.15) is 31.9 Å². The van der Waals surface area contributed by atoms with Crippen LogP contribution in [0.5, 0.6) is 0 Å². The van der Waals surface area contributed by atoms with Gasteiger partial charge in [0, 0.05) is 6.04 Å². The average molecular weight is 326 g/mol. The van der Waals surface area contributed by atoms with Gasteiger partial charge in [-0.15, -0.1) is 0 Å². The van der Waals surface area contributed by atoms with Gasteiger partial charge < -0.3 is 5.32 Å². The lowest BCUT2D eigenvalue weighted by Gasteiger charge is -2.24.